The Morgan fingerprint density at radius 2 is 2.06 bits per heavy atom. The first kappa shape index (κ1) is 12.2. The predicted octanol–water partition coefficient (Wildman–Crippen LogP) is 0.824. The molecule has 0 amide bonds. The number of hydrogen-bond donors (Lipinski definition) is 1. The van der Waals surface area contributed by atoms with Gasteiger partial charge >= 0.3 is 5.97 Å². The maximum atomic E-state index is 12.1. The zero-order valence-electron chi connectivity index (χ0n) is 9.53. The molecule has 2 fully saturated rings. The summed E-state index contributed by atoms with van der Waals surface area (Å²) in [6.45, 7) is 2.68. The van der Waals surface area contributed by atoms with Crippen molar-refractivity contribution in [3.8, 4) is 0 Å². The van der Waals surface area contributed by atoms with Crippen LogP contribution in [0.2, 0.25) is 0 Å². The minimum atomic E-state index is -1.000. The molecule has 0 aromatic rings. The maximum absolute atomic E-state index is 12.1. The van der Waals surface area contributed by atoms with Crippen LogP contribution < -0.4 is 0 Å². The van der Waals surface area contributed by atoms with Gasteiger partial charge in [0.15, 0.2) is 0 Å². The van der Waals surface area contributed by atoms with Crippen molar-refractivity contribution in [2.75, 3.05) is 31.3 Å². The van der Waals surface area contributed by atoms with E-state index < -0.39 is 11.0 Å². The van der Waals surface area contributed by atoms with Gasteiger partial charge in [0.25, 0.3) is 0 Å². The topological polar surface area (TPSA) is 55.8 Å². The van der Waals surface area contributed by atoms with Crippen molar-refractivity contribution in [3.63, 3.8) is 0 Å². The van der Waals surface area contributed by atoms with E-state index in [1.54, 1.807) is 6.92 Å². The van der Waals surface area contributed by atoms with E-state index >= 15 is 0 Å². The van der Waals surface area contributed by atoms with Gasteiger partial charge in [0.05, 0.1) is 19.8 Å². The van der Waals surface area contributed by atoms with E-state index in [9.17, 15) is 9.90 Å². The van der Waals surface area contributed by atoms with E-state index in [1.807, 2.05) is 11.8 Å². The molecule has 0 aliphatic carbocycles. The van der Waals surface area contributed by atoms with Crippen LogP contribution in [0, 0.1) is 5.41 Å². The van der Waals surface area contributed by atoms with E-state index in [4.69, 9.17) is 9.47 Å². The first-order chi connectivity index (χ1) is 7.65. The molecule has 0 unspecified atom stereocenters. The Labute approximate surface area is 99.7 Å². The number of hydrogen-bond acceptors (Lipinski definition) is 5. The smallest absolute Gasteiger partial charge is 0.315 e. The Bertz CT molecular complexity index is 269. The fourth-order valence-electron chi connectivity index (χ4n) is 2.42. The molecule has 0 aromatic carbocycles. The van der Waals surface area contributed by atoms with Crippen LogP contribution in [0.25, 0.3) is 0 Å². The molecule has 2 aliphatic rings. The average molecular weight is 246 g/mol. The van der Waals surface area contributed by atoms with Gasteiger partial charge in [-0.25, -0.2) is 0 Å². The highest BCUT2D eigenvalue weighted by molar-refractivity contribution is 7.99. The molecule has 2 rings (SSSR count). The molecule has 4 nitrogen and oxygen atoms in total. The van der Waals surface area contributed by atoms with Gasteiger partial charge < -0.3 is 14.6 Å². The van der Waals surface area contributed by atoms with E-state index in [1.165, 1.54) is 0 Å². The van der Waals surface area contributed by atoms with Gasteiger partial charge in [-0.3, -0.25) is 4.79 Å². The predicted molar refractivity (Wildman–Crippen MR) is 61.4 cm³/mol. The molecule has 0 atom stereocenters. The normalized spacial score (nSPS) is 26.9. The van der Waals surface area contributed by atoms with Crippen molar-refractivity contribution >= 4 is 17.7 Å². The second-order valence-corrected chi connectivity index (χ2v) is 5.66. The van der Waals surface area contributed by atoms with Crippen molar-refractivity contribution in [2.24, 2.45) is 5.41 Å². The van der Waals surface area contributed by atoms with Crippen LogP contribution in [0.4, 0.5) is 0 Å². The lowest BCUT2D eigenvalue weighted by Crippen LogP contribution is -2.66. The van der Waals surface area contributed by atoms with Crippen LogP contribution in [0.5, 0.6) is 0 Å². The number of aliphatic hydroxyl groups is 1. The van der Waals surface area contributed by atoms with Crippen LogP contribution in [-0.4, -0.2) is 48.0 Å². The highest BCUT2D eigenvalue weighted by Crippen LogP contribution is 2.48. The molecular formula is C11H18O4S. The fourth-order valence-corrected chi connectivity index (χ4v) is 3.61. The summed E-state index contributed by atoms with van der Waals surface area (Å²) in [5.41, 5.74) is -1.73. The summed E-state index contributed by atoms with van der Waals surface area (Å²) in [7, 11) is 0. The van der Waals surface area contributed by atoms with Crippen LogP contribution >= 0.6 is 11.8 Å². The second kappa shape index (κ2) is 4.55. The van der Waals surface area contributed by atoms with E-state index in [-0.39, 0.29) is 19.2 Å². The summed E-state index contributed by atoms with van der Waals surface area (Å²) in [5.74, 6) is 1.56. The molecule has 0 bridgehead atoms. The first-order valence-electron chi connectivity index (χ1n) is 5.70. The van der Waals surface area contributed by atoms with Crippen LogP contribution in [0.1, 0.15) is 19.8 Å². The average Bonchev–Trinajstić information content (AvgIpc) is 2.27. The van der Waals surface area contributed by atoms with Crippen LogP contribution in [-0.2, 0) is 14.3 Å². The van der Waals surface area contributed by atoms with Gasteiger partial charge in [0.2, 0.25) is 0 Å². The van der Waals surface area contributed by atoms with Crippen LogP contribution in [0.15, 0.2) is 0 Å². The minimum absolute atomic E-state index is 0.249. The summed E-state index contributed by atoms with van der Waals surface area (Å²) < 4.78 is 10.2. The summed E-state index contributed by atoms with van der Waals surface area (Å²) in [6, 6.07) is 0. The van der Waals surface area contributed by atoms with Gasteiger partial charge in [-0.1, -0.05) is 0 Å². The lowest BCUT2D eigenvalue weighted by molar-refractivity contribution is -0.248. The molecule has 2 aliphatic heterocycles. The summed E-state index contributed by atoms with van der Waals surface area (Å²) in [6.07, 6.45) is 1.38. The SMILES string of the molecule is CCOC(=O)C1(C2(O)COC2)CCSCC1. The molecule has 92 valence electrons. The van der Waals surface area contributed by atoms with Crippen molar-refractivity contribution in [1.29, 1.82) is 0 Å². The molecule has 16 heavy (non-hydrogen) atoms. The Hall–Kier alpha value is -0.260. The molecule has 0 saturated carbocycles. The Kier molecular flexibility index (Phi) is 3.47. The zero-order chi connectivity index (χ0) is 11.6. The summed E-state index contributed by atoms with van der Waals surface area (Å²) >= 11 is 1.82. The lowest BCUT2D eigenvalue weighted by Gasteiger charge is -2.51. The van der Waals surface area contributed by atoms with Crippen molar-refractivity contribution in [2.45, 2.75) is 25.4 Å². The number of ether oxygens (including phenoxy) is 2. The largest absolute Gasteiger partial charge is 0.465 e. The van der Waals surface area contributed by atoms with E-state index in [2.05, 4.69) is 0 Å². The Balaban J connectivity index is 2.20. The zero-order valence-corrected chi connectivity index (χ0v) is 10.3. The van der Waals surface area contributed by atoms with Crippen molar-refractivity contribution in [3.05, 3.63) is 0 Å². The number of thioether (sulfide) groups is 1. The summed E-state index contributed by atoms with van der Waals surface area (Å²) in [4.78, 5) is 12.1. The van der Waals surface area contributed by atoms with Gasteiger partial charge in [0.1, 0.15) is 11.0 Å². The van der Waals surface area contributed by atoms with Gasteiger partial charge in [0, 0.05) is 0 Å². The molecule has 2 heterocycles. The molecular weight excluding hydrogens is 228 g/mol. The van der Waals surface area contributed by atoms with E-state index in [0.717, 1.165) is 11.5 Å². The van der Waals surface area contributed by atoms with E-state index in [0.29, 0.717) is 19.4 Å². The monoisotopic (exact) mass is 246 g/mol. The third-order valence-corrected chi connectivity index (χ3v) is 4.57. The Morgan fingerprint density at radius 3 is 2.50 bits per heavy atom. The molecule has 1 N–H and O–H groups in total. The maximum Gasteiger partial charge on any atom is 0.315 e. The molecule has 0 radical (unpaired) electrons. The van der Waals surface area contributed by atoms with Crippen molar-refractivity contribution < 1.29 is 19.4 Å². The number of rotatable bonds is 3. The third kappa shape index (κ3) is 1.75. The minimum Gasteiger partial charge on any atom is -0.465 e. The number of carbonyl (C=O) groups excluding carboxylic acids is 1. The van der Waals surface area contributed by atoms with Gasteiger partial charge in [-0.15, -0.1) is 0 Å². The molecule has 0 spiro atoms. The second-order valence-electron chi connectivity index (χ2n) is 4.44. The summed E-state index contributed by atoms with van der Waals surface area (Å²) in [5, 5.41) is 10.4. The quantitative estimate of drug-likeness (QED) is 0.747. The Morgan fingerprint density at radius 1 is 1.44 bits per heavy atom. The number of esters is 1. The molecule has 2 saturated heterocycles. The fraction of sp³-hybridized carbons (Fsp3) is 0.909. The standard InChI is InChI=1S/C11H18O4S/c1-2-15-9(12)10(3-5-16-6-4-10)11(13)7-14-8-11/h13H,2-8H2,1H3. The highest BCUT2D eigenvalue weighted by atomic mass is 32.2. The van der Waals surface area contributed by atoms with Gasteiger partial charge in [-0.05, 0) is 31.3 Å². The first-order valence-corrected chi connectivity index (χ1v) is 6.85. The molecule has 5 heteroatoms. The molecule has 0 aromatic heterocycles. The van der Waals surface area contributed by atoms with Gasteiger partial charge in [-0.2, -0.15) is 11.8 Å². The number of carbonyl (C=O) groups is 1. The van der Waals surface area contributed by atoms with Crippen molar-refractivity contribution in [1.82, 2.24) is 0 Å². The lowest BCUT2D eigenvalue weighted by atomic mass is 9.66. The third-order valence-electron chi connectivity index (χ3n) is 3.58. The van der Waals surface area contributed by atoms with Crippen LogP contribution in [0.3, 0.4) is 0 Å². The highest BCUT2D eigenvalue weighted by Gasteiger charge is 2.60.